The first-order chi connectivity index (χ1) is 12.0. The molecule has 25 heavy (non-hydrogen) atoms. The second-order valence-electron chi connectivity index (χ2n) is 6.18. The van der Waals surface area contributed by atoms with Gasteiger partial charge < -0.3 is 14.4 Å². The molecule has 1 aliphatic rings. The van der Waals surface area contributed by atoms with E-state index in [-0.39, 0.29) is 5.91 Å². The van der Waals surface area contributed by atoms with E-state index < -0.39 is 0 Å². The average molecular weight is 360 g/mol. The maximum absolute atomic E-state index is 13.1. The summed E-state index contributed by atoms with van der Waals surface area (Å²) in [4.78, 5) is 14.9. The number of fused-ring (bicyclic) bond motifs is 1. The lowest BCUT2D eigenvalue weighted by Gasteiger charge is -2.24. The van der Waals surface area contributed by atoms with Crippen molar-refractivity contribution in [1.29, 1.82) is 0 Å². The highest BCUT2D eigenvalue weighted by atomic mass is 35.5. The lowest BCUT2D eigenvalue weighted by atomic mass is 10.1. The third kappa shape index (κ3) is 3.59. The molecule has 0 unspecified atom stereocenters. The molecular formula is C20H22ClNO3. The predicted molar refractivity (Wildman–Crippen MR) is 100 cm³/mol. The summed E-state index contributed by atoms with van der Waals surface area (Å²) in [5.74, 6) is 0.949. The molecule has 0 saturated carbocycles. The van der Waals surface area contributed by atoms with Crippen molar-refractivity contribution in [3.8, 4) is 11.5 Å². The number of amides is 1. The highest BCUT2D eigenvalue weighted by Crippen LogP contribution is 2.38. The molecule has 0 bridgehead atoms. The van der Waals surface area contributed by atoms with E-state index in [1.54, 1.807) is 17.0 Å². The van der Waals surface area contributed by atoms with Crippen LogP contribution in [0.1, 0.15) is 34.8 Å². The number of benzene rings is 2. The van der Waals surface area contributed by atoms with Gasteiger partial charge in [-0.05, 0) is 50.1 Å². The van der Waals surface area contributed by atoms with E-state index >= 15 is 0 Å². The van der Waals surface area contributed by atoms with Gasteiger partial charge in [0.2, 0.25) is 0 Å². The van der Waals surface area contributed by atoms with E-state index in [9.17, 15) is 4.79 Å². The number of hydrogen-bond acceptors (Lipinski definition) is 3. The van der Waals surface area contributed by atoms with Gasteiger partial charge in [-0.1, -0.05) is 23.7 Å². The molecule has 2 aromatic rings. The highest BCUT2D eigenvalue weighted by Gasteiger charge is 2.23. The first-order valence-corrected chi connectivity index (χ1v) is 8.87. The molecule has 0 aliphatic carbocycles. The summed E-state index contributed by atoms with van der Waals surface area (Å²) in [7, 11) is 0. The van der Waals surface area contributed by atoms with E-state index in [1.807, 2.05) is 39.0 Å². The maximum Gasteiger partial charge on any atom is 0.258 e. The van der Waals surface area contributed by atoms with Crippen molar-refractivity contribution in [1.82, 2.24) is 0 Å². The van der Waals surface area contributed by atoms with Crippen LogP contribution in [0.3, 0.4) is 0 Å². The molecule has 0 radical (unpaired) electrons. The topological polar surface area (TPSA) is 38.8 Å². The number of ether oxygens (including phenoxy) is 2. The molecule has 2 aromatic carbocycles. The van der Waals surface area contributed by atoms with Gasteiger partial charge in [-0.15, -0.1) is 0 Å². The second kappa shape index (κ2) is 7.36. The second-order valence-corrected chi connectivity index (χ2v) is 6.58. The largest absolute Gasteiger partial charge is 0.489 e. The Kier molecular flexibility index (Phi) is 5.19. The summed E-state index contributed by atoms with van der Waals surface area (Å²) in [5, 5.41) is 0.403. The third-order valence-electron chi connectivity index (χ3n) is 4.27. The fraction of sp³-hybridized carbons (Fsp3) is 0.350. The molecule has 0 spiro atoms. The Labute approximate surface area is 153 Å². The van der Waals surface area contributed by atoms with E-state index in [4.69, 9.17) is 21.1 Å². The molecular weight excluding hydrogens is 338 g/mol. The average Bonchev–Trinajstić information content (AvgIpc) is 2.84. The molecule has 5 heteroatoms. The van der Waals surface area contributed by atoms with Crippen molar-refractivity contribution >= 4 is 23.2 Å². The summed E-state index contributed by atoms with van der Waals surface area (Å²) >= 11 is 6.34. The Hall–Kier alpha value is -2.20. The van der Waals surface area contributed by atoms with Gasteiger partial charge in [-0.25, -0.2) is 0 Å². The number of aryl methyl sites for hydroxylation is 2. The Morgan fingerprint density at radius 2 is 1.92 bits per heavy atom. The smallest absolute Gasteiger partial charge is 0.258 e. The van der Waals surface area contributed by atoms with Gasteiger partial charge in [-0.3, -0.25) is 4.79 Å². The molecule has 1 amide bonds. The summed E-state index contributed by atoms with van der Waals surface area (Å²) in [6.45, 7) is 7.66. The molecule has 0 N–H and O–H groups in total. The van der Waals surface area contributed by atoms with Crippen LogP contribution in [0.5, 0.6) is 11.5 Å². The maximum atomic E-state index is 13.1. The van der Waals surface area contributed by atoms with Gasteiger partial charge >= 0.3 is 0 Å². The summed E-state index contributed by atoms with van der Waals surface area (Å²) in [5.41, 5.74) is 3.58. The van der Waals surface area contributed by atoms with Crippen molar-refractivity contribution in [3.05, 3.63) is 52.0 Å². The summed E-state index contributed by atoms with van der Waals surface area (Å²) < 4.78 is 11.3. The fourth-order valence-electron chi connectivity index (χ4n) is 2.94. The quantitative estimate of drug-likeness (QED) is 0.791. The van der Waals surface area contributed by atoms with Crippen molar-refractivity contribution < 1.29 is 14.3 Å². The van der Waals surface area contributed by atoms with Crippen molar-refractivity contribution in [3.63, 3.8) is 0 Å². The molecule has 0 saturated heterocycles. The lowest BCUT2D eigenvalue weighted by molar-refractivity contribution is 0.0987. The fourth-order valence-corrected chi connectivity index (χ4v) is 3.21. The van der Waals surface area contributed by atoms with E-state index in [0.29, 0.717) is 41.8 Å². The van der Waals surface area contributed by atoms with Crippen LogP contribution < -0.4 is 14.4 Å². The highest BCUT2D eigenvalue weighted by molar-refractivity contribution is 6.32. The van der Waals surface area contributed by atoms with E-state index in [1.165, 1.54) is 0 Å². The third-order valence-corrected chi connectivity index (χ3v) is 4.55. The summed E-state index contributed by atoms with van der Waals surface area (Å²) in [6, 6.07) is 9.48. The summed E-state index contributed by atoms with van der Waals surface area (Å²) in [6.07, 6.45) is 0.790. The van der Waals surface area contributed by atoms with Crippen LogP contribution >= 0.6 is 11.6 Å². The van der Waals surface area contributed by atoms with Crippen LogP contribution in [0.2, 0.25) is 5.02 Å². The molecule has 1 heterocycles. The standard InChI is InChI=1S/C20H22ClNO3/c1-4-22(17-10-13(2)6-7-14(17)3)20(23)15-11-16(21)19-18(12-15)24-8-5-9-25-19/h6-7,10-12H,4-5,8-9H2,1-3H3. The zero-order valence-electron chi connectivity index (χ0n) is 14.8. The first kappa shape index (κ1) is 17.6. The predicted octanol–water partition coefficient (Wildman–Crippen LogP) is 4.78. The Morgan fingerprint density at radius 1 is 1.16 bits per heavy atom. The lowest BCUT2D eigenvalue weighted by Crippen LogP contribution is -2.31. The monoisotopic (exact) mass is 359 g/mol. The van der Waals surface area contributed by atoms with Crippen LogP contribution in [-0.4, -0.2) is 25.7 Å². The van der Waals surface area contributed by atoms with Gasteiger partial charge in [0.1, 0.15) is 0 Å². The van der Waals surface area contributed by atoms with E-state index in [0.717, 1.165) is 23.2 Å². The van der Waals surface area contributed by atoms with Gasteiger partial charge in [0.15, 0.2) is 11.5 Å². The number of carbonyl (C=O) groups excluding carboxylic acids is 1. The molecule has 0 atom stereocenters. The molecule has 132 valence electrons. The van der Waals surface area contributed by atoms with Crippen LogP contribution in [0.4, 0.5) is 5.69 Å². The van der Waals surface area contributed by atoms with Gasteiger partial charge in [0.25, 0.3) is 5.91 Å². The minimum atomic E-state index is -0.103. The van der Waals surface area contributed by atoms with Crippen LogP contribution in [0.15, 0.2) is 30.3 Å². The minimum Gasteiger partial charge on any atom is -0.489 e. The Balaban J connectivity index is 2.00. The number of rotatable bonds is 3. The van der Waals surface area contributed by atoms with Crippen molar-refractivity contribution in [2.24, 2.45) is 0 Å². The van der Waals surface area contributed by atoms with Crippen molar-refractivity contribution in [2.45, 2.75) is 27.2 Å². The number of anilines is 1. The number of nitrogens with zero attached hydrogens (tertiary/aromatic N) is 1. The first-order valence-electron chi connectivity index (χ1n) is 8.49. The molecule has 1 aliphatic heterocycles. The molecule has 3 rings (SSSR count). The Bertz CT molecular complexity index is 804. The van der Waals surface area contributed by atoms with Crippen LogP contribution in [0, 0.1) is 13.8 Å². The zero-order chi connectivity index (χ0) is 18.0. The molecule has 0 aromatic heterocycles. The zero-order valence-corrected chi connectivity index (χ0v) is 15.5. The van der Waals surface area contributed by atoms with Gasteiger partial charge in [0.05, 0.1) is 18.2 Å². The van der Waals surface area contributed by atoms with Gasteiger partial charge in [0, 0.05) is 24.2 Å². The van der Waals surface area contributed by atoms with E-state index in [2.05, 4.69) is 0 Å². The number of halogens is 1. The van der Waals surface area contributed by atoms with Crippen LogP contribution in [0.25, 0.3) is 0 Å². The molecule has 0 fully saturated rings. The van der Waals surface area contributed by atoms with Gasteiger partial charge in [-0.2, -0.15) is 0 Å². The minimum absolute atomic E-state index is 0.103. The normalized spacial score (nSPS) is 13.3. The SMILES string of the molecule is CCN(C(=O)c1cc(Cl)c2c(c1)OCCCO2)c1cc(C)ccc1C. The number of hydrogen-bond donors (Lipinski definition) is 0. The Morgan fingerprint density at radius 3 is 2.68 bits per heavy atom. The number of carbonyl (C=O) groups is 1. The van der Waals surface area contributed by atoms with Crippen molar-refractivity contribution in [2.75, 3.05) is 24.7 Å². The van der Waals surface area contributed by atoms with Crippen LogP contribution in [-0.2, 0) is 0 Å². The molecule has 4 nitrogen and oxygen atoms in total.